The fraction of sp³-hybridized carbons (Fsp3) is 0.300. The fourth-order valence-corrected chi connectivity index (χ4v) is 9.91. The highest BCUT2D eigenvalue weighted by atomic mass is 32.1. The van der Waals surface area contributed by atoms with E-state index in [1.54, 1.807) is 66.3 Å². The number of fused-ring (bicyclic) bond motifs is 8. The molecule has 18 heteroatoms. The normalized spacial score (nSPS) is 9.96. The Balaban J connectivity index is 0. The van der Waals surface area contributed by atoms with Crippen LogP contribution in [-0.4, -0.2) is 87.6 Å². The molecule has 3 aliphatic rings. The number of hydrogen-bond donors (Lipinski definition) is 6. The summed E-state index contributed by atoms with van der Waals surface area (Å²) in [6, 6.07) is 66.2. The SMILES string of the molecule is CC.CC.CC.CC.CC.CC.CC.CC.CC.CC.c1c[nH]cn1.c1ccc2[nH]cnc2c1.c1ccc2c(c1)NCCO2.c1ccc2cnccc2c1.c1ccc2ncccc2c1.c1ccc2scnc2c1.c1ccncc1.c1cnc2c(c1)CCCN2.c1cnc2c(c1)NCCN2.c1cnc2ccsc2c1. The van der Waals surface area contributed by atoms with Crippen molar-refractivity contribution in [2.24, 2.45) is 0 Å². The van der Waals surface area contributed by atoms with Gasteiger partial charge in [0.1, 0.15) is 24.0 Å². The van der Waals surface area contributed by atoms with Crippen molar-refractivity contribution in [3.05, 3.63) is 291 Å². The number of aromatic nitrogens is 11. The lowest BCUT2D eigenvalue weighted by atomic mass is 10.1. The van der Waals surface area contributed by atoms with Gasteiger partial charge in [0.25, 0.3) is 0 Å². The van der Waals surface area contributed by atoms with Gasteiger partial charge < -0.3 is 36.0 Å². The minimum Gasteiger partial charge on any atom is -0.490 e. The zero-order valence-corrected chi connectivity index (χ0v) is 70.0. The van der Waals surface area contributed by atoms with Gasteiger partial charge in [-0.15, -0.1) is 22.7 Å². The van der Waals surface area contributed by atoms with Crippen molar-refractivity contribution >= 4 is 98.8 Å². The average Bonchev–Trinajstić information content (AvgIpc) is 1.79. The molecule has 0 spiro atoms. The van der Waals surface area contributed by atoms with Gasteiger partial charge >= 0.3 is 0 Å². The highest BCUT2D eigenvalue weighted by molar-refractivity contribution is 7.17. The van der Waals surface area contributed by atoms with Gasteiger partial charge in [0.2, 0.25) is 0 Å². The predicted molar refractivity (Wildman–Crippen MR) is 478 cm³/mol. The zero-order chi connectivity index (χ0) is 80.1. The molecule has 0 aliphatic carbocycles. The third-order valence-electron chi connectivity index (χ3n) is 12.7. The van der Waals surface area contributed by atoms with Gasteiger partial charge in [0.05, 0.1) is 66.5 Å². The van der Waals surface area contributed by atoms with Crippen molar-refractivity contribution in [2.45, 2.75) is 151 Å². The lowest BCUT2D eigenvalue weighted by Gasteiger charge is -2.17. The summed E-state index contributed by atoms with van der Waals surface area (Å²) in [7, 11) is 0. The molecule has 6 N–H and O–H groups in total. The lowest BCUT2D eigenvalue weighted by Crippen LogP contribution is -2.21. The van der Waals surface area contributed by atoms with Crippen LogP contribution >= 0.6 is 22.7 Å². The summed E-state index contributed by atoms with van der Waals surface area (Å²) in [5.41, 5.74) is 10.8. The molecule has 13 heterocycles. The van der Waals surface area contributed by atoms with Gasteiger partial charge in [-0.05, 0) is 138 Å². The third-order valence-corrected chi connectivity index (χ3v) is 14.4. The minimum atomic E-state index is 0.775. The van der Waals surface area contributed by atoms with Crippen LogP contribution in [0.3, 0.4) is 0 Å². The van der Waals surface area contributed by atoms with E-state index in [4.69, 9.17) is 4.74 Å². The van der Waals surface area contributed by atoms with Gasteiger partial charge in [-0.2, -0.15) is 0 Å². The largest absolute Gasteiger partial charge is 0.490 e. The van der Waals surface area contributed by atoms with Gasteiger partial charge in [0, 0.05) is 93.5 Å². The van der Waals surface area contributed by atoms with E-state index in [-0.39, 0.29) is 0 Å². The molecule has 580 valence electrons. The predicted octanol–water partition coefficient (Wildman–Crippen LogP) is 26.2. The molecular formula is C90H127N15OS2. The number of anilines is 4. The van der Waals surface area contributed by atoms with Crippen molar-refractivity contribution in [1.82, 2.24) is 54.8 Å². The van der Waals surface area contributed by atoms with E-state index in [9.17, 15) is 0 Å². The van der Waals surface area contributed by atoms with Crippen LogP contribution in [0.25, 0.3) is 53.1 Å². The summed E-state index contributed by atoms with van der Waals surface area (Å²) in [4.78, 5) is 42.1. The van der Waals surface area contributed by atoms with Crippen LogP contribution in [0, 0.1) is 0 Å². The first-order valence-corrected chi connectivity index (χ1v) is 40.4. The molecule has 0 fully saturated rings. The van der Waals surface area contributed by atoms with Crippen LogP contribution in [0.15, 0.2) is 286 Å². The number of ether oxygens (including phenoxy) is 1. The Labute approximate surface area is 656 Å². The average molecular weight is 1500 g/mol. The Morgan fingerprint density at radius 2 is 0.861 bits per heavy atom. The highest BCUT2D eigenvalue weighted by Gasteiger charge is 2.08. The van der Waals surface area contributed by atoms with E-state index >= 15 is 0 Å². The number of H-pyrrole nitrogens is 2. The van der Waals surface area contributed by atoms with Crippen LogP contribution < -0.4 is 26.0 Å². The Hall–Kier alpha value is -11.0. The van der Waals surface area contributed by atoms with E-state index in [2.05, 4.69) is 124 Å². The Morgan fingerprint density at radius 1 is 0.333 bits per heavy atom. The molecule has 16 nitrogen and oxygen atoms in total. The third kappa shape index (κ3) is 42.3. The number of thiophene rings is 1. The van der Waals surface area contributed by atoms with Crippen molar-refractivity contribution in [1.29, 1.82) is 0 Å². The number of rotatable bonds is 0. The molecule has 0 radical (unpaired) electrons. The molecule has 0 bridgehead atoms. The topological polar surface area (TPSA) is 205 Å². The summed E-state index contributed by atoms with van der Waals surface area (Å²) < 4.78 is 7.88. The van der Waals surface area contributed by atoms with Crippen molar-refractivity contribution in [3.63, 3.8) is 0 Å². The maximum Gasteiger partial charge on any atom is 0.149 e. The van der Waals surface area contributed by atoms with Crippen LogP contribution in [0.5, 0.6) is 5.75 Å². The summed E-state index contributed by atoms with van der Waals surface area (Å²) in [6.45, 7) is 44.7. The maximum atomic E-state index is 5.36. The Bertz CT molecular complexity index is 3630. The minimum absolute atomic E-state index is 0.775. The molecule has 0 atom stereocenters. The smallest absolute Gasteiger partial charge is 0.149 e. The molecule has 0 saturated heterocycles. The molecule has 10 aromatic heterocycles. The molecule has 0 saturated carbocycles. The van der Waals surface area contributed by atoms with Crippen molar-refractivity contribution < 1.29 is 4.74 Å². The molecule has 18 rings (SSSR count). The number of aryl methyl sites for hydroxylation is 1. The summed E-state index contributed by atoms with van der Waals surface area (Å²) in [5.74, 6) is 3.01. The number of nitrogens with one attached hydrogen (secondary N) is 6. The number of imidazole rings is 2. The standard InChI is InChI=1S/2C9H7N.C8H10N2.C8H9NO.C7H9N3.C7H6N2.2C7H5NS.C5H5N.C3H4N2.10C2H6/c1-2-6-9-8(4-1)5-3-7-10-9;1-2-4-9-7-10-6-5-8(9)3-1;1-3-7-4-2-6-10-8(7)9-5-1;1-2-4-8-7(3-1)9-5-6-10-8;1-2-6-7(9-3-1)10-5-4-8-6;1-2-4-7-6(3-1)8-5-9-7;1-2-7-6(8-4-1)3-5-9-7;1-2-4-7-6(3-1)8-5-9-7;1-2-4-6-5-3-1;1-2-5-3-4-1;10*1-2/h2*1-7H;1,3,5H,2,4,6H2,(H,9,10);1-4,9H,5-6H2;1-3,8H,4-5H2,(H,9,10);1-5H,(H,8,9);2*1-5H;1-5H;1-3H,(H,4,5);10*1-2H3. The van der Waals surface area contributed by atoms with Gasteiger partial charge in [-0.1, -0.05) is 236 Å². The van der Waals surface area contributed by atoms with E-state index < -0.39 is 0 Å². The van der Waals surface area contributed by atoms with Crippen molar-refractivity contribution in [2.75, 3.05) is 54.1 Å². The first-order valence-electron chi connectivity index (χ1n) is 38.6. The number of aromatic amines is 2. The molecule has 15 aromatic rings. The molecule has 108 heavy (non-hydrogen) atoms. The van der Waals surface area contributed by atoms with Gasteiger partial charge in [-0.3, -0.25) is 19.9 Å². The molecule has 0 amide bonds. The molecular weight excluding hydrogens is 1370 g/mol. The van der Waals surface area contributed by atoms with Crippen molar-refractivity contribution in [3.8, 4) is 5.75 Å². The number of para-hydroxylation sites is 6. The quantitative estimate of drug-likeness (QED) is 0.0836. The molecule has 0 unspecified atom stereocenters. The van der Waals surface area contributed by atoms with Crippen LogP contribution in [0.4, 0.5) is 23.0 Å². The first kappa shape index (κ1) is 99.1. The van der Waals surface area contributed by atoms with E-state index in [1.807, 2.05) is 333 Å². The lowest BCUT2D eigenvalue weighted by molar-refractivity contribution is 0.323. The van der Waals surface area contributed by atoms with Crippen LogP contribution in [0.2, 0.25) is 0 Å². The van der Waals surface area contributed by atoms with E-state index in [1.165, 1.54) is 44.0 Å². The number of benzene rings is 5. The number of thiazole rings is 1. The van der Waals surface area contributed by atoms with E-state index in [0.29, 0.717) is 0 Å². The molecule has 3 aliphatic heterocycles. The van der Waals surface area contributed by atoms with E-state index in [0.717, 1.165) is 89.1 Å². The number of pyridine rings is 6. The van der Waals surface area contributed by atoms with Gasteiger partial charge in [0.15, 0.2) is 0 Å². The Kier molecular flexibility index (Phi) is 67.0. The first-order chi connectivity index (χ1) is 53.7. The second kappa shape index (κ2) is 73.0. The Morgan fingerprint density at radius 3 is 1.46 bits per heavy atom. The summed E-state index contributed by atoms with van der Waals surface area (Å²) >= 11 is 3.40. The number of hydrogen-bond acceptors (Lipinski definition) is 16. The van der Waals surface area contributed by atoms with Crippen LogP contribution in [0.1, 0.15) is 150 Å². The number of nitrogens with zero attached hydrogens (tertiary/aromatic N) is 9. The van der Waals surface area contributed by atoms with Crippen LogP contribution in [-0.2, 0) is 6.42 Å². The second-order valence-corrected chi connectivity index (χ2v) is 20.7. The maximum absolute atomic E-state index is 5.36. The summed E-state index contributed by atoms with van der Waals surface area (Å²) in [5, 5.41) is 18.6. The van der Waals surface area contributed by atoms with Gasteiger partial charge in [-0.25, -0.2) is 24.9 Å². The fourth-order valence-electron chi connectivity index (χ4n) is 8.49. The summed E-state index contributed by atoms with van der Waals surface area (Å²) in [6.07, 6.45) is 23.6. The monoisotopic (exact) mass is 1500 g/mol. The highest BCUT2D eigenvalue weighted by Crippen LogP contribution is 2.26. The molecule has 5 aromatic carbocycles. The zero-order valence-electron chi connectivity index (χ0n) is 68.3. The second-order valence-electron chi connectivity index (χ2n) is 18.8.